The number of thiazole rings is 1. The van der Waals surface area contributed by atoms with Gasteiger partial charge in [0.1, 0.15) is 10.7 Å². The molecule has 35 heavy (non-hydrogen) atoms. The molecule has 0 saturated heterocycles. The van der Waals surface area contributed by atoms with Crippen LogP contribution in [0.3, 0.4) is 0 Å². The number of nitrogen functional groups attached to an aromatic ring is 1. The molecule has 3 aromatic carbocycles. The minimum atomic E-state index is -3.82. The van der Waals surface area contributed by atoms with Crippen LogP contribution in [-0.2, 0) is 15.8 Å². The summed E-state index contributed by atoms with van der Waals surface area (Å²) in [5, 5.41) is 8.24. The normalized spacial score (nSPS) is 11.3. The van der Waals surface area contributed by atoms with Gasteiger partial charge in [-0.3, -0.25) is 15.1 Å². The Morgan fingerprint density at radius 1 is 1.06 bits per heavy atom. The Balaban J connectivity index is 0.00000289. The maximum atomic E-state index is 13.1. The third kappa shape index (κ3) is 5.40. The molecule has 2 heterocycles. The second-order valence-electron chi connectivity index (χ2n) is 7.50. The van der Waals surface area contributed by atoms with Gasteiger partial charge in [0.15, 0.2) is 4.34 Å². The lowest BCUT2D eigenvalue weighted by molar-refractivity contribution is 0.602. The molecule has 0 bridgehead atoms. The molecule has 0 unspecified atom stereocenters. The van der Waals surface area contributed by atoms with Crippen LogP contribution in [0, 0.1) is 5.41 Å². The van der Waals surface area contributed by atoms with Gasteiger partial charge in [0.05, 0.1) is 21.4 Å². The van der Waals surface area contributed by atoms with E-state index in [1.54, 1.807) is 48.3 Å². The van der Waals surface area contributed by atoms with Crippen LogP contribution in [0.25, 0.3) is 21.1 Å². The summed E-state index contributed by atoms with van der Waals surface area (Å²) >= 11 is 3.12. The van der Waals surface area contributed by atoms with Crippen molar-refractivity contribution < 1.29 is 8.42 Å². The summed E-state index contributed by atoms with van der Waals surface area (Å²) in [5.74, 6) is 0.777. The summed E-state index contributed by atoms with van der Waals surface area (Å²) in [6, 6.07) is 21.6. The highest BCUT2D eigenvalue weighted by Crippen LogP contribution is 2.33. The summed E-state index contributed by atoms with van der Waals surface area (Å²) in [6.07, 6.45) is 1.58. The van der Waals surface area contributed by atoms with Gasteiger partial charge in [-0.1, -0.05) is 54.2 Å². The van der Waals surface area contributed by atoms with E-state index < -0.39 is 10.0 Å². The Hall–Kier alpha value is -3.18. The zero-order valence-electron chi connectivity index (χ0n) is 18.1. The predicted molar refractivity (Wildman–Crippen MR) is 146 cm³/mol. The first kappa shape index (κ1) is 24.9. The van der Waals surface area contributed by atoms with E-state index in [0.717, 1.165) is 31.3 Å². The molecule has 0 spiro atoms. The molecule has 178 valence electrons. The number of sulfonamides is 1. The Kier molecular flexibility index (Phi) is 7.27. The first-order valence-corrected chi connectivity index (χ1v) is 13.5. The molecule has 5 rings (SSSR count). The predicted octanol–water partition coefficient (Wildman–Crippen LogP) is 5.64. The van der Waals surface area contributed by atoms with E-state index in [2.05, 4.69) is 14.7 Å². The average Bonchev–Trinajstić information content (AvgIpc) is 3.24. The number of nitrogens with one attached hydrogen (secondary N) is 2. The minimum absolute atomic E-state index is 0. The molecule has 11 heteroatoms. The summed E-state index contributed by atoms with van der Waals surface area (Å²) in [4.78, 5) is 9.05. The number of hydrogen-bond acceptors (Lipinski definition) is 7. The molecule has 0 amide bonds. The van der Waals surface area contributed by atoms with Crippen molar-refractivity contribution in [2.45, 2.75) is 15.0 Å². The van der Waals surface area contributed by atoms with Gasteiger partial charge in [-0.2, -0.15) is 0 Å². The molecule has 7 nitrogen and oxygen atoms in total. The van der Waals surface area contributed by atoms with Crippen LogP contribution >= 0.6 is 35.5 Å². The number of nitrogens with zero attached hydrogens (tertiary/aromatic N) is 2. The number of para-hydroxylation sites is 1. The van der Waals surface area contributed by atoms with Gasteiger partial charge in [0.2, 0.25) is 0 Å². The second kappa shape index (κ2) is 10.2. The first-order chi connectivity index (χ1) is 16.4. The molecule has 0 atom stereocenters. The number of hydrogen-bond donors (Lipinski definition) is 3. The van der Waals surface area contributed by atoms with Crippen molar-refractivity contribution in [2.24, 2.45) is 5.73 Å². The zero-order chi connectivity index (χ0) is 23.7. The molecule has 0 aliphatic rings. The van der Waals surface area contributed by atoms with Gasteiger partial charge in [0.25, 0.3) is 10.0 Å². The van der Waals surface area contributed by atoms with E-state index >= 15 is 0 Å². The van der Waals surface area contributed by atoms with Crippen LogP contribution in [0.4, 0.5) is 5.69 Å². The number of amidine groups is 1. The molecule has 0 aliphatic heterocycles. The molecule has 4 N–H and O–H groups in total. The summed E-state index contributed by atoms with van der Waals surface area (Å²) in [7, 11) is -3.82. The van der Waals surface area contributed by atoms with Crippen molar-refractivity contribution in [2.75, 3.05) is 4.72 Å². The number of nitrogens with two attached hydrogens (primary N) is 1. The minimum Gasteiger partial charge on any atom is -0.384 e. The Labute approximate surface area is 216 Å². The molecule has 0 fully saturated rings. The molecule has 5 aromatic rings. The van der Waals surface area contributed by atoms with E-state index in [0.29, 0.717) is 16.8 Å². The molecule has 0 saturated carbocycles. The van der Waals surface area contributed by atoms with Crippen molar-refractivity contribution in [1.29, 1.82) is 5.41 Å². The van der Waals surface area contributed by atoms with Crippen LogP contribution in [0.1, 0.15) is 11.1 Å². The standard InChI is InChI=1S/C24H19N5O2S3.ClH/c25-23(26)17-8-6-15(7-9-17)14-32-24-28-19-11-10-18(13-20(19)33-24)29-34(30,31)21-5-1-3-16-4-2-12-27-22(16)21;/h1-13,29H,14H2,(H3,25,26);1H. The van der Waals surface area contributed by atoms with Crippen LogP contribution in [-0.4, -0.2) is 24.2 Å². The number of halogens is 1. The highest BCUT2D eigenvalue weighted by molar-refractivity contribution is 8.00. The maximum absolute atomic E-state index is 13.1. The number of pyridine rings is 1. The quantitative estimate of drug-likeness (QED) is 0.139. The smallest absolute Gasteiger partial charge is 0.264 e. The van der Waals surface area contributed by atoms with E-state index in [1.807, 2.05) is 42.5 Å². The van der Waals surface area contributed by atoms with Crippen molar-refractivity contribution in [3.8, 4) is 0 Å². The van der Waals surface area contributed by atoms with Crippen molar-refractivity contribution in [3.63, 3.8) is 0 Å². The fraction of sp³-hybridized carbons (Fsp3) is 0.0417. The number of rotatable bonds is 7. The van der Waals surface area contributed by atoms with Crippen molar-refractivity contribution >= 4 is 78.2 Å². The second-order valence-corrected chi connectivity index (χ2v) is 11.4. The van der Waals surface area contributed by atoms with Gasteiger partial charge in [0, 0.05) is 22.9 Å². The molecule has 0 aliphatic carbocycles. The fourth-order valence-corrected chi connectivity index (χ4v) is 6.75. The van der Waals surface area contributed by atoms with E-state index in [9.17, 15) is 8.42 Å². The Morgan fingerprint density at radius 2 is 1.83 bits per heavy atom. The van der Waals surface area contributed by atoms with E-state index in [4.69, 9.17) is 11.1 Å². The largest absolute Gasteiger partial charge is 0.384 e. The number of fused-ring (bicyclic) bond motifs is 2. The van der Waals surface area contributed by atoms with Gasteiger partial charge in [-0.15, -0.1) is 23.7 Å². The maximum Gasteiger partial charge on any atom is 0.264 e. The monoisotopic (exact) mass is 541 g/mol. The number of benzene rings is 3. The summed E-state index contributed by atoms with van der Waals surface area (Å²) in [6.45, 7) is 0. The Morgan fingerprint density at radius 3 is 2.60 bits per heavy atom. The highest BCUT2D eigenvalue weighted by atomic mass is 35.5. The fourth-order valence-electron chi connectivity index (χ4n) is 3.46. The van der Waals surface area contributed by atoms with Gasteiger partial charge in [-0.05, 0) is 35.9 Å². The number of aromatic nitrogens is 2. The summed E-state index contributed by atoms with van der Waals surface area (Å²) < 4.78 is 30.7. The third-order valence-electron chi connectivity index (χ3n) is 5.13. The lowest BCUT2D eigenvalue weighted by Crippen LogP contribution is -2.13. The van der Waals surface area contributed by atoms with Gasteiger partial charge in [-0.25, -0.2) is 13.4 Å². The SMILES string of the molecule is Cl.N=C(N)c1ccc(CSc2nc3ccc(NS(=O)(=O)c4cccc5cccnc45)cc3s2)cc1. The average molecular weight is 542 g/mol. The topological polar surface area (TPSA) is 122 Å². The van der Waals surface area contributed by atoms with Crippen molar-refractivity contribution in [3.05, 3.63) is 90.1 Å². The number of anilines is 1. The Bertz CT molecular complexity index is 1630. The summed E-state index contributed by atoms with van der Waals surface area (Å²) in [5.41, 5.74) is 9.03. The lowest BCUT2D eigenvalue weighted by atomic mass is 10.1. The van der Waals surface area contributed by atoms with Gasteiger partial charge >= 0.3 is 0 Å². The highest BCUT2D eigenvalue weighted by Gasteiger charge is 2.19. The van der Waals surface area contributed by atoms with Crippen molar-refractivity contribution in [1.82, 2.24) is 9.97 Å². The number of thioether (sulfide) groups is 1. The lowest BCUT2D eigenvalue weighted by Gasteiger charge is -2.10. The van der Waals surface area contributed by atoms with Crippen LogP contribution in [0.5, 0.6) is 0 Å². The zero-order valence-corrected chi connectivity index (χ0v) is 21.4. The molecule has 0 radical (unpaired) electrons. The van der Waals surface area contributed by atoms with E-state index in [1.165, 1.54) is 11.3 Å². The van der Waals surface area contributed by atoms with E-state index in [-0.39, 0.29) is 23.1 Å². The molecular formula is C24H20ClN5O2S3. The van der Waals surface area contributed by atoms with Crippen LogP contribution in [0.2, 0.25) is 0 Å². The van der Waals surface area contributed by atoms with Gasteiger partial charge < -0.3 is 5.73 Å². The molecule has 2 aromatic heterocycles. The molecular weight excluding hydrogens is 522 g/mol. The third-order valence-corrected chi connectivity index (χ3v) is 8.78. The first-order valence-electron chi connectivity index (χ1n) is 10.2. The van der Waals surface area contributed by atoms with Crippen LogP contribution < -0.4 is 10.5 Å². The van der Waals surface area contributed by atoms with Crippen LogP contribution in [0.15, 0.2) is 88.2 Å².